The summed E-state index contributed by atoms with van der Waals surface area (Å²) in [4.78, 5) is 9.11. The minimum atomic E-state index is -2.89. The summed E-state index contributed by atoms with van der Waals surface area (Å²) in [5.41, 5.74) is 0. The van der Waals surface area contributed by atoms with Crippen molar-refractivity contribution < 1.29 is 9.46 Å². The molecule has 0 radical (unpaired) electrons. The molecule has 10 heavy (non-hydrogen) atoms. The molecule has 1 atom stereocenters. The maximum Gasteiger partial charge on any atom is 0.222 e. The van der Waals surface area contributed by atoms with Gasteiger partial charge in [-0.1, -0.05) is 19.4 Å². The van der Waals surface area contributed by atoms with Gasteiger partial charge < -0.3 is 4.89 Å². The van der Waals surface area contributed by atoms with Crippen molar-refractivity contribution in [2.24, 2.45) is 0 Å². The normalized spacial score (nSPS) is 17.5. The SMILES string of the molecule is C/C=C\P(=O)(O)CCCC. The van der Waals surface area contributed by atoms with E-state index in [-0.39, 0.29) is 0 Å². The first-order chi connectivity index (χ1) is 4.62. The van der Waals surface area contributed by atoms with Gasteiger partial charge in [0.15, 0.2) is 0 Å². The van der Waals surface area contributed by atoms with E-state index in [9.17, 15) is 4.57 Å². The van der Waals surface area contributed by atoms with Gasteiger partial charge in [0.1, 0.15) is 0 Å². The van der Waals surface area contributed by atoms with E-state index < -0.39 is 7.37 Å². The monoisotopic (exact) mass is 162 g/mol. The minimum Gasteiger partial charge on any atom is -0.341 e. The molecule has 0 aliphatic carbocycles. The first kappa shape index (κ1) is 9.93. The minimum absolute atomic E-state index is 0.424. The van der Waals surface area contributed by atoms with Crippen LogP contribution in [-0.4, -0.2) is 11.1 Å². The molecule has 0 aliphatic rings. The lowest BCUT2D eigenvalue weighted by molar-refractivity contribution is 0.486. The summed E-state index contributed by atoms with van der Waals surface area (Å²) < 4.78 is 11.0. The zero-order valence-electron chi connectivity index (χ0n) is 6.58. The first-order valence-corrected chi connectivity index (χ1v) is 5.49. The van der Waals surface area contributed by atoms with Crippen LogP contribution in [0.4, 0.5) is 0 Å². The predicted octanol–water partition coefficient (Wildman–Crippen LogP) is 2.59. The Kier molecular flexibility index (Phi) is 4.67. The lowest BCUT2D eigenvalue weighted by atomic mass is 10.4. The highest BCUT2D eigenvalue weighted by Gasteiger charge is 2.10. The molecule has 0 aromatic rings. The van der Waals surface area contributed by atoms with Crippen molar-refractivity contribution in [3.63, 3.8) is 0 Å². The Bertz CT molecular complexity index is 152. The summed E-state index contributed by atoms with van der Waals surface area (Å²) in [6.45, 7) is 3.77. The fourth-order valence-corrected chi connectivity index (χ4v) is 2.08. The van der Waals surface area contributed by atoms with Crippen molar-refractivity contribution >= 4 is 7.37 Å². The van der Waals surface area contributed by atoms with Crippen molar-refractivity contribution in [3.8, 4) is 0 Å². The average molecular weight is 162 g/mol. The van der Waals surface area contributed by atoms with Crippen LogP contribution in [0.25, 0.3) is 0 Å². The van der Waals surface area contributed by atoms with Crippen LogP contribution in [0.2, 0.25) is 0 Å². The predicted molar refractivity (Wildman–Crippen MR) is 44.4 cm³/mol. The summed E-state index contributed by atoms with van der Waals surface area (Å²) in [5.74, 6) is 1.41. The van der Waals surface area contributed by atoms with Crippen LogP contribution in [0.1, 0.15) is 26.7 Å². The van der Waals surface area contributed by atoms with E-state index in [0.717, 1.165) is 12.8 Å². The molecule has 0 heterocycles. The van der Waals surface area contributed by atoms with Crippen molar-refractivity contribution in [1.82, 2.24) is 0 Å². The van der Waals surface area contributed by atoms with Gasteiger partial charge in [-0.05, 0) is 19.2 Å². The average Bonchev–Trinajstić information content (AvgIpc) is 1.84. The second-order valence-corrected chi connectivity index (χ2v) is 4.57. The van der Waals surface area contributed by atoms with Gasteiger partial charge in [-0.25, -0.2) is 0 Å². The largest absolute Gasteiger partial charge is 0.341 e. The summed E-state index contributed by atoms with van der Waals surface area (Å²) in [6.07, 6.45) is 3.87. The van der Waals surface area contributed by atoms with E-state index in [0.29, 0.717) is 6.16 Å². The van der Waals surface area contributed by atoms with Crippen LogP contribution >= 0.6 is 7.37 Å². The zero-order valence-corrected chi connectivity index (χ0v) is 7.47. The number of rotatable bonds is 4. The van der Waals surface area contributed by atoms with E-state index >= 15 is 0 Å². The van der Waals surface area contributed by atoms with Crippen LogP contribution < -0.4 is 0 Å². The van der Waals surface area contributed by atoms with Crippen LogP contribution in [0.3, 0.4) is 0 Å². The van der Waals surface area contributed by atoms with Gasteiger partial charge >= 0.3 is 0 Å². The summed E-state index contributed by atoms with van der Waals surface area (Å²) in [5, 5.41) is 0. The highest BCUT2D eigenvalue weighted by atomic mass is 31.2. The molecule has 60 valence electrons. The highest BCUT2D eigenvalue weighted by Crippen LogP contribution is 2.42. The molecule has 0 aromatic heterocycles. The fourth-order valence-electron chi connectivity index (χ4n) is 0.692. The van der Waals surface area contributed by atoms with Gasteiger partial charge in [0, 0.05) is 6.16 Å². The highest BCUT2D eigenvalue weighted by molar-refractivity contribution is 7.61. The molecule has 0 rings (SSSR count). The van der Waals surface area contributed by atoms with E-state index in [4.69, 9.17) is 4.89 Å². The van der Waals surface area contributed by atoms with Gasteiger partial charge in [-0.3, -0.25) is 4.57 Å². The molecule has 0 saturated carbocycles. The second kappa shape index (κ2) is 4.70. The van der Waals surface area contributed by atoms with Gasteiger partial charge in [-0.15, -0.1) is 0 Å². The Hall–Kier alpha value is -0.0700. The smallest absolute Gasteiger partial charge is 0.222 e. The van der Waals surface area contributed by atoms with Crippen LogP contribution in [-0.2, 0) is 4.57 Å². The third-order valence-electron chi connectivity index (χ3n) is 1.21. The maximum absolute atomic E-state index is 11.0. The van der Waals surface area contributed by atoms with Crippen molar-refractivity contribution in [2.45, 2.75) is 26.7 Å². The molecule has 1 N–H and O–H groups in total. The Labute approximate surface area is 62.4 Å². The number of hydrogen-bond acceptors (Lipinski definition) is 1. The summed E-state index contributed by atoms with van der Waals surface area (Å²) in [7, 11) is -2.89. The quantitative estimate of drug-likeness (QED) is 0.645. The third-order valence-corrected chi connectivity index (χ3v) is 2.94. The molecule has 0 fully saturated rings. The van der Waals surface area contributed by atoms with Crippen LogP contribution in [0, 0.1) is 0 Å². The van der Waals surface area contributed by atoms with E-state index in [1.807, 2.05) is 6.92 Å². The van der Waals surface area contributed by atoms with Crippen molar-refractivity contribution in [3.05, 3.63) is 11.9 Å². The molecule has 2 nitrogen and oxygen atoms in total. The Morgan fingerprint density at radius 3 is 2.60 bits per heavy atom. The molecule has 0 spiro atoms. The molecule has 0 bridgehead atoms. The van der Waals surface area contributed by atoms with E-state index in [2.05, 4.69) is 0 Å². The van der Waals surface area contributed by atoms with Crippen molar-refractivity contribution in [1.29, 1.82) is 0 Å². The number of allylic oxidation sites excluding steroid dienone is 1. The summed E-state index contributed by atoms with van der Waals surface area (Å²) in [6, 6.07) is 0. The van der Waals surface area contributed by atoms with Crippen LogP contribution in [0.5, 0.6) is 0 Å². The Morgan fingerprint density at radius 2 is 2.20 bits per heavy atom. The molecule has 0 saturated heterocycles. The standard InChI is InChI=1S/C7H15O2P/c1-3-5-7-10(8,9)6-4-2/h4,6H,3,5,7H2,1-2H3,(H,8,9)/b6-4-. The van der Waals surface area contributed by atoms with Gasteiger partial charge in [0.25, 0.3) is 0 Å². The first-order valence-electron chi connectivity index (χ1n) is 3.57. The van der Waals surface area contributed by atoms with Crippen molar-refractivity contribution in [2.75, 3.05) is 6.16 Å². The van der Waals surface area contributed by atoms with Gasteiger partial charge in [0.05, 0.1) is 0 Å². The molecule has 0 amide bonds. The fraction of sp³-hybridized carbons (Fsp3) is 0.714. The number of unbranched alkanes of at least 4 members (excludes halogenated alkanes) is 1. The maximum atomic E-state index is 11.0. The Balaban J connectivity index is 3.76. The molecule has 1 unspecified atom stereocenters. The summed E-state index contributed by atoms with van der Waals surface area (Å²) >= 11 is 0. The Morgan fingerprint density at radius 1 is 1.60 bits per heavy atom. The van der Waals surface area contributed by atoms with Crippen LogP contribution in [0.15, 0.2) is 11.9 Å². The van der Waals surface area contributed by atoms with E-state index in [1.54, 1.807) is 13.0 Å². The molecule has 0 aliphatic heterocycles. The van der Waals surface area contributed by atoms with Gasteiger partial charge in [0.2, 0.25) is 7.37 Å². The lowest BCUT2D eigenvalue weighted by Gasteiger charge is -2.03. The topological polar surface area (TPSA) is 37.3 Å². The number of hydrogen-bond donors (Lipinski definition) is 1. The second-order valence-electron chi connectivity index (χ2n) is 2.32. The molecular weight excluding hydrogens is 147 g/mol. The molecule has 3 heteroatoms. The molecular formula is C7H15O2P. The zero-order chi connectivity index (χ0) is 8.04. The van der Waals surface area contributed by atoms with Gasteiger partial charge in [-0.2, -0.15) is 0 Å². The van der Waals surface area contributed by atoms with E-state index in [1.165, 1.54) is 5.82 Å². The lowest BCUT2D eigenvalue weighted by Crippen LogP contribution is -1.84. The third kappa shape index (κ3) is 4.78. The molecule has 0 aromatic carbocycles.